The first-order valence-corrected chi connectivity index (χ1v) is 10.5. The number of benzene rings is 2. The maximum Gasteiger partial charge on any atom is 0.257 e. The monoisotopic (exact) mass is 392 g/mol. The zero-order chi connectivity index (χ0) is 19.3. The highest BCUT2D eigenvalue weighted by molar-refractivity contribution is 7.18. The number of nitrogens with one attached hydrogen (secondary N) is 1. The second-order valence-electron chi connectivity index (χ2n) is 7.41. The molecule has 3 aromatic rings. The summed E-state index contributed by atoms with van der Waals surface area (Å²) in [5.41, 5.74) is 2.87. The quantitative estimate of drug-likeness (QED) is 0.684. The van der Waals surface area contributed by atoms with E-state index in [0.29, 0.717) is 10.7 Å². The van der Waals surface area contributed by atoms with Crippen molar-refractivity contribution in [2.75, 3.05) is 18.4 Å². The standard InChI is InChI=1S/C22H24N4OS/c1-16-6-5-13-26(14-16)15-17-9-11-18(12-10-17)20(27)23-22-25-24-21(28-22)19-7-3-2-4-8-19/h2-4,7-12,16H,5-6,13-15H2,1H3,(H,23,25,27)/t16-/m1/s1. The van der Waals surface area contributed by atoms with Crippen LogP contribution in [0.25, 0.3) is 10.6 Å². The van der Waals surface area contributed by atoms with Gasteiger partial charge in [0.2, 0.25) is 5.13 Å². The van der Waals surface area contributed by atoms with Crippen molar-refractivity contribution < 1.29 is 4.79 Å². The number of hydrogen-bond donors (Lipinski definition) is 1. The number of amides is 1. The van der Waals surface area contributed by atoms with E-state index in [9.17, 15) is 4.79 Å². The number of carbonyl (C=O) groups excluding carboxylic acids is 1. The van der Waals surface area contributed by atoms with Gasteiger partial charge in [-0.2, -0.15) is 0 Å². The lowest BCUT2D eigenvalue weighted by molar-refractivity contribution is 0.102. The molecule has 6 heteroatoms. The minimum absolute atomic E-state index is 0.158. The summed E-state index contributed by atoms with van der Waals surface area (Å²) in [6.07, 6.45) is 2.60. The van der Waals surface area contributed by atoms with E-state index < -0.39 is 0 Å². The number of piperidine rings is 1. The fourth-order valence-corrected chi connectivity index (χ4v) is 4.33. The molecule has 0 aliphatic carbocycles. The molecule has 1 aromatic heterocycles. The van der Waals surface area contributed by atoms with Crippen LogP contribution in [0.5, 0.6) is 0 Å². The van der Waals surface area contributed by atoms with Gasteiger partial charge in [-0.1, -0.05) is 60.7 Å². The highest BCUT2D eigenvalue weighted by Gasteiger charge is 2.16. The normalized spacial score (nSPS) is 17.4. The van der Waals surface area contributed by atoms with E-state index in [1.165, 1.54) is 29.7 Å². The van der Waals surface area contributed by atoms with Gasteiger partial charge in [0, 0.05) is 24.2 Å². The Bertz CT molecular complexity index is 923. The largest absolute Gasteiger partial charge is 0.299 e. The summed E-state index contributed by atoms with van der Waals surface area (Å²) in [7, 11) is 0. The Morgan fingerprint density at radius 2 is 1.93 bits per heavy atom. The predicted octanol–water partition coefficient (Wildman–Crippen LogP) is 4.69. The van der Waals surface area contributed by atoms with Crippen LogP contribution >= 0.6 is 11.3 Å². The Labute approximate surface area is 169 Å². The third-order valence-electron chi connectivity index (χ3n) is 5.03. The van der Waals surface area contributed by atoms with Crippen molar-refractivity contribution in [2.45, 2.75) is 26.3 Å². The van der Waals surface area contributed by atoms with Crippen molar-refractivity contribution in [1.29, 1.82) is 0 Å². The van der Waals surface area contributed by atoms with Crippen molar-refractivity contribution >= 4 is 22.4 Å². The zero-order valence-electron chi connectivity index (χ0n) is 16.0. The average molecular weight is 393 g/mol. The van der Waals surface area contributed by atoms with Crippen LogP contribution in [0.15, 0.2) is 54.6 Å². The van der Waals surface area contributed by atoms with Crippen molar-refractivity contribution in [3.8, 4) is 10.6 Å². The molecule has 2 heterocycles. The maximum absolute atomic E-state index is 12.5. The van der Waals surface area contributed by atoms with E-state index in [2.05, 4.69) is 27.3 Å². The molecule has 1 N–H and O–H groups in total. The first kappa shape index (κ1) is 18.8. The molecule has 144 valence electrons. The third kappa shape index (κ3) is 4.64. The van der Waals surface area contributed by atoms with Crippen molar-refractivity contribution in [1.82, 2.24) is 15.1 Å². The molecule has 1 atom stereocenters. The Morgan fingerprint density at radius 1 is 1.14 bits per heavy atom. The van der Waals surface area contributed by atoms with Gasteiger partial charge in [0.05, 0.1) is 0 Å². The van der Waals surface area contributed by atoms with Gasteiger partial charge >= 0.3 is 0 Å². The molecule has 1 amide bonds. The van der Waals surface area contributed by atoms with Gasteiger partial charge in [-0.15, -0.1) is 10.2 Å². The number of hydrogen-bond acceptors (Lipinski definition) is 5. The van der Waals surface area contributed by atoms with E-state index in [1.54, 1.807) is 0 Å². The molecular weight excluding hydrogens is 368 g/mol. The molecule has 1 aliphatic heterocycles. The molecule has 5 nitrogen and oxygen atoms in total. The van der Waals surface area contributed by atoms with Crippen LogP contribution < -0.4 is 5.32 Å². The molecule has 0 unspecified atom stereocenters. The first-order valence-electron chi connectivity index (χ1n) is 9.69. The molecule has 1 aliphatic rings. The van der Waals surface area contributed by atoms with Gasteiger partial charge < -0.3 is 0 Å². The summed E-state index contributed by atoms with van der Waals surface area (Å²) < 4.78 is 0. The molecule has 0 spiro atoms. The topological polar surface area (TPSA) is 58.1 Å². The average Bonchev–Trinajstić information content (AvgIpc) is 3.18. The fraction of sp³-hybridized carbons (Fsp3) is 0.318. The Hall–Kier alpha value is -2.57. The minimum atomic E-state index is -0.158. The van der Waals surface area contributed by atoms with Crippen LogP contribution in [0.2, 0.25) is 0 Å². The highest BCUT2D eigenvalue weighted by atomic mass is 32.1. The number of carbonyl (C=O) groups is 1. The summed E-state index contributed by atoms with van der Waals surface area (Å²) in [5.74, 6) is 0.611. The van der Waals surface area contributed by atoms with E-state index in [0.717, 1.165) is 36.1 Å². The molecule has 0 bridgehead atoms. The minimum Gasteiger partial charge on any atom is -0.299 e. The van der Waals surface area contributed by atoms with Crippen molar-refractivity contribution in [3.05, 3.63) is 65.7 Å². The fourth-order valence-electron chi connectivity index (χ4n) is 3.59. The van der Waals surface area contributed by atoms with E-state index in [1.807, 2.05) is 54.6 Å². The molecule has 0 radical (unpaired) electrons. The summed E-state index contributed by atoms with van der Waals surface area (Å²) in [6, 6.07) is 17.7. The van der Waals surface area contributed by atoms with Crippen LogP contribution in [0.3, 0.4) is 0 Å². The SMILES string of the molecule is C[C@@H]1CCCN(Cc2ccc(C(=O)Nc3nnc(-c4ccccc4)s3)cc2)C1. The number of aromatic nitrogens is 2. The van der Waals surface area contributed by atoms with Crippen LogP contribution in [0.1, 0.15) is 35.7 Å². The first-order chi connectivity index (χ1) is 13.7. The van der Waals surface area contributed by atoms with Gasteiger partial charge in [0.1, 0.15) is 5.01 Å². The number of nitrogens with zero attached hydrogens (tertiary/aromatic N) is 3. The summed E-state index contributed by atoms with van der Waals surface area (Å²) in [5, 5.41) is 12.4. The molecule has 0 saturated carbocycles. The van der Waals surface area contributed by atoms with E-state index >= 15 is 0 Å². The summed E-state index contributed by atoms with van der Waals surface area (Å²) >= 11 is 1.37. The second-order valence-corrected chi connectivity index (χ2v) is 8.39. The molecule has 1 fully saturated rings. The molecule has 4 rings (SSSR count). The second kappa shape index (κ2) is 8.63. The molecular formula is C22H24N4OS. The smallest absolute Gasteiger partial charge is 0.257 e. The zero-order valence-corrected chi connectivity index (χ0v) is 16.8. The van der Waals surface area contributed by atoms with Crippen molar-refractivity contribution in [2.24, 2.45) is 5.92 Å². The predicted molar refractivity (Wildman–Crippen MR) is 113 cm³/mol. The summed E-state index contributed by atoms with van der Waals surface area (Å²) in [6.45, 7) is 5.58. The molecule has 28 heavy (non-hydrogen) atoms. The lowest BCUT2D eigenvalue weighted by Gasteiger charge is -2.30. The lowest BCUT2D eigenvalue weighted by atomic mass is 9.99. The Kier molecular flexibility index (Phi) is 5.78. The van der Waals surface area contributed by atoms with Gasteiger partial charge in [-0.05, 0) is 43.0 Å². The van der Waals surface area contributed by atoms with Gasteiger partial charge in [-0.3, -0.25) is 15.0 Å². The van der Waals surface area contributed by atoms with Crippen LogP contribution in [0, 0.1) is 5.92 Å². The molecule has 1 saturated heterocycles. The van der Waals surface area contributed by atoms with Crippen LogP contribution in [0.4, 0.5) is 5.13 Å². The highest BCUT2D eigenvalue weighted by Crippen LogP contribution is 2.26. The van der Waals surface area contributed by atoms with Gasteiger partial charge in [-0.25, -0.2) is 0 Å². The van der Waals surface area contributed by atoms with Gasteiger partial charge in [0.25, 0.3) is 5.91 Å². The Balaban J connectivity index is 1.37. The Morgan fingerprint density at radius 3 is 2.68 bits per heavy atom. The van der Waals surface area contributed by atoms with Gasteiger partial charge in [0.15, 0.2) is 0 Å². The molecule has 2 aromatic carbocycles. The third-order valence-corrected chi connectivity index (χ3v) is 5.92. The van der Waals surface area contributed by atoms with Crippen LogP contribution in [-0.4, -0.2) is 34.1 Å². The lowest BCUT2D eigenvalue weighted by Crippen LogP contribution is -2.33. The number of likely N-dealkylation sites (tertiary alicyclic amines) is 1. The van der Waals surface area contributed by atoms with Crippen LogP contribution in [-0.2, 0) is 6.54 Å². The van der Waals surface area contributed by atoms with Crippen molar-refractivity contribution in [3.63, 3.8) is 0 Å². The number of anilines is 1. The number of rotatable bonds is 5. The van der Waals surface area contributed by atoms with E-state index in [4.69, 9.17) is 0 Å². The van der Waals surface area contributed by atoms with E-state index in [-0.39, 0.29) is 5.91 Å². The summed E-state index contributed by atoms with van der Waals surface area (Å²) in [4.78, 5) is 15.0. The maximum atomic E-state index is 12.5.